The molecule has 0 saturated carbocycles. The molecule has 1 fully saturated rings. The number of hydrogen-bond acceptors (Lipinski definition) is 12. The zero-order valence-electron chi connectivity index (χ0n) is 21.0. The highest BCUT2D eigenvalue weighted by Crippen LogP contribution is 2.34. The number of phenolic OH excluding ortho intramolecular Hbond substituents is 1. The van der Waals surface area contributed by atoms with Crippen LogP contribution >= 0.6 is 0 Å². The van der Waals surface area contributed by atoms with Crippen molar-refractivity contribution in [1.82, 2.24) is 0 Å². The zero-order valence-corrected chi connectivity index (χ0v) is 21.0. The van der Waals surface area contributed by atoms with Gasteiger partial charge in [-0.3, -0.25) is 0 Å². The van der Waals surface area contributed by atoms with Crippen molar-refractivity contribution in [2.45, 2.75) is 42.9 Å². The normalized spacial score (nSPS) is 25.2. The van der Waals surface area contributed by atoms with Gasteiger partial charge in [0.25, 0.3) is 0 Å². The standard InChI is InChI=1S/C26H34O12/c1-34-18-11-15(6-7-16(18)29)22(30)20(12-27)37-17-8-5-14(10-19(17)35-2)4-3-9-36-26-25(33)24(32)23(31)21(13-28)38-26/h3-8,10-11,20-33H,9,12-13H2,1-2H3/b4-3+/t20-,21-,22-,23-,24+,25-,26-/m1/s1. The van der Waals surface area contributed by atoms with Gasteiger partial charge in [0, 0.05) is 0 Å². The van der Waals surface area contributed by atoms with Gasteiger partial charge in [-0.05, 0) is 35.4 Å². The molecule has 12 heteroatoms. The molecule has 3 rings (SSSR count). The van der Waals surface area contributed by atoms with Crippen molar-refractivity contribution in [2.24, 2.45) is 0 Å². The van der Waals surface area contributed by atoms with Crippen LogP contribution in [0.15, 0.2) is 42.5 Å². The van der Waals surface area contributed by atoms with E-state index in [1.807, 2.05) is 0 Å². The average Bonchev–Trinajstić information content (AvgIpc) is 2.94. The molecule has 7 N–H and O–H groups in total. The molecule has 2 aromatic rings. The van der Waals surface area contributed by atoms with Crippen molar-refractivity contribution < 1.29 is 59.4 Å². The molecular formula is C26H34O12. The van der Waals surface area contributed by atoms with Crippen LogP contribution in [0.2, 0.25) is 0 Å². The molecule has 1 aliphatic rings. The van der Waals surface area contributed by atoms with Gasteiger partial charge in [-0.1, -0.05) is 24.3 Å². The molecule has 0 amide bonds. The van der Waals surface area contributed by atoms with Crippen molar-refractivity contribution in [3.05, 3.63) is 53.6 Å². The van der Waals surface area contributed by atoms with E-state index in [-0.39, 0.29) is 23.9 Å². The summed E-state index contributed by atoms with van der Waals surface area (Å²) in [4.78, 5) is 0. The number of aliphatic hydroxyl groups is 6. The molecule has 0 aromatic heterocycles. The maximum atomic E-state index is 10.7. The molecule has 0 spiro atoms. The Hall–Kier alpha value is -2.94. The summed E-state index contributed by atoms with van der Waals surface area (Å²) in [5.74, 6) is 0.679. The molecule has 0 unspecified atom stereocenters. The maximum Gasteiger partial charge on any atom is 0.187 e. The van der Waals surface area contributed by atoms with Gasteiger partial charge in [0.05, 0.1) is 34.0 Å². The number of rotatable bonds is 12. The summed E-state index contributed by atoms with van der Waals surface area (Å²) >= 11 is 0. The second kappa shape index (κ2) is 13.7. The SMILES string of the molecule is COc1cc([C@@H](O)[C@@H](CO)Oc2ccc(/C=C/CO[C@@H]3O[C@H](CO)[C@@H](O)[C@H](O)[C@H]3O)cc2OC)ccc1O. The van der Waals surface area contributed by atoms with E-state index < -0.39 is 56.1 Å². The first-order valence-corrected chi connectivity index (χ1v) is 11.8. The number of phenols is 1. The second-order valence-electron chi connectivity index (χ2n) is 8.56. The van der Waals surface area contributed by atoms with Crippen LogP contribution in [0.4, 0.5) is 0 Å². The summed E-state index contributed by atoms with van der Waals surface area (Å²) < 4.78 is 27.0. The van der Waals surface area contributed by atoms with Gasteiger partial charge >= 0.3 is 0 Å². The lowest BCUT2D eigenvalue weighted by Crippen LogP contribution is -2.59. The third-order valence-corrected chi connectivity index (χ3v) is 6.06. The smallest absolute Gasteiger partial charge is 0.187 e. The number of hydrogen-bond donors (Lipinski definition) is 7. The third-order valence-electron chi connectivity index (χ3n) is 6.06. The van der Waals surface area contributed by atoms with Crippen molar-refractivity contribution in [1.29, 1.82) is 0 Å². The second-order valence-corrected chi connectivity index (χ2v) is 8.56. The van der Waals surface area contributed by atoms with E-state index in [1.165, 1.54) is 32.4 Å². The third kappa shape index (κ3) is 6.92. The molecule has 0 aliphatic carbocycles. The lowest BCUT2D eigenvalue weighted by atomic mass is 9.99. The minimum absolute atomic E-state index is 0.0157. The summed E-state index contributed by atoms with van der Waals surface area (Å²) in [7, 11) is 2.82. The fourth-order valence-corrected chi connectivity index (χ4v) is 3.88. The Labute approximate surface area is 219 Å². The molecule has 1 aliphatic heterocycles. The van der Waals surface area contributed by atoms with Crippen LogP contribution in [0, 0.1) is 0 Å². The minimum atomic E-state index is -1.52. The molecule has 1 saturated heterocycles. The Morgan fingerprint density at radius 2 is 1.66 bits per heavy atom. The number of ether oxygens (including phenoxy) is 5. The summed E-state index contributed by atoms with van der Waals surface area (Å²) in [5.41, 5.74) is 1.06. The quantitative estimate of drug-likeness (QED) is 0.187. The predicted octanol–water partition coefficient (Wildman–Crippen LogP) is -0.288. The number of aliphatic hydroxyl groups excluding tert-OH is 6. The van der Waals surface area contributed by atoms with E-state index in [0.717, 1.165) is 0 Å². The van der Waals surface area contributed by atoms with Gasteiger partial charge in [-0.25, -0.2) is 0 Å². The topological polar surface area (TPSA) is 188 Å². The summed E-state index contributed by atoms with van der Waals surface area (Å²) in [5, 5.41) is 69.3. The lowest BCUT2D eigenvalue weighted by Gasteiger charge is -2.39. The van der Waals surface area contributed by atoms with E-state index in [4.69, 9.17) is 23.7 Å². The Morgan fingerprint density at radius 1 is 0.921 bits per heavy atom. The molecule has 2 aromatic carbocycles. The highest BCUT2D eigenvalue weighted by atomic mass is 16.7. The van der Waals surface area contributed by atoms with Crippen LogP contribution in [0.1, 0.15) is 17.2 Å². The van der Waals surface area contributed by atoms with E-state index in [9.17, 15) is 35.7 Å². The first kappa shape index (κ1) is 29.6. The Kier molecular flexibility index (Phi) is 10.7. The first-order valence-electron chi connectivity index (χ1n) is 11.8. The predicted molar refractivity (Wildman–Crippen MR) is 133 cm³/mol. The van der Waals surface area contributed by atoms with Gasteiger partial charge in [0.2, 0.25) is 0 Å². The fourth-order valence-electron chi connectivity index (χ4n) is 3.88. The maximum absolute atomic E-state index is 10.7. The van der Waals surface area contributed by atoms with Crippen molar-refractivity contribution >= 4 is 6.08 Å². The molecule has 0 bridgehead atoms. The fraction of sp³-hybridized carbons (Fsp3) is 0.462. The van der Waals surface area contributed by atoms with Crippen molar-refractivity contribution in [2.75, 3.05) is 34.0 Å². The van der Waals surface area contributed by atoms with Gasteiger partial charge in [-0.15, -0.1) is 0 Å². The molecule has 7 atom stereocenters. The van der Waals surface area contributed by atoms with Gasteiger partial charge < -0.3 is 59.4 Å². The number of methoxy groups -OCH3 is 2. The van der Waals surface area contributed by atoms with E-state index in [1.54, 1.807) is 30.4 Å². The average molecular weight is 539 g/mol. The van der Waals surface area contributed by atoms with Crippen LogP contribution in [-0.4, -0.2) is 107 Å². The van der Waals surface area contributed by atoms with Gasteiger partial charge in [0.15, 0.2) is 35.4 Å². The molecule has 38 heavy (non-hydrogen) atoms. The van der Waals surface area contributed by atoms with E-state index >= 15 is 0 Å². The molecular weight excluding hydrogens is 504 g/mol. The minimum Gasteiger partial charge on any atom is -0.504 e. The number of aromatic hydroxyl groups is 1. The molecule has 210 valence electrons. The lowest BCUT2D eigenvalue weighted by molar-refractivity contribution is -0.298. The molecule has 1 heterocycles. The Bertz CT molecular complexity index is 1060. The summed E-state index contributed by atoms with van der Waals surface area (Å²) in [6.45, 7) is -1.07. The highest BCUT2D eigenvalue weighted by Gasteiger charge is 2.43. The van der Waals surface area contributed by atoms with Crippen LogP contribution in [0.25, 0.3) is 6.08 Å². The first-order chi connectivity index (χ1) is 18.2. The summed E-state index contributed by atoms with van der Waals surface area (Å²) in [6, 6.07) is 9.27. The monoisotopic (exact) mass is 538 g/mol. The highest BCUT2D eigenvalue weighted by molar-refractivity contribution is 5.56. The zero-order chi connectivity index (χ0) is 27.8. The largest absolute Gasteiger partial charge is 0.504 e. The van der Waals surface area contributed by atoms with Gasteiger partial charge in [0.1, 0.15) is 30.5 Å². The van der Waals surface area contributed by atoms with Crippen LogP contribution in [-0.2, 0) is 9.47 Å². The van der Waals surface area contributed by atoms with E-state index in [0.29, 0.717) is 16.9 Å². The summed E-state index contributed by atoms with van der Waals surface area (Å²) in [6.07, 6.45) is -5.75. The molecule has 12 nitrogen and oxygen atoms in total. The van der Waals surface area contributed by atoms with Crippen LogP contribution < -0.4 is 14.2 Å². The van der Waals surface area contributed by atoms with Gasteiger partial charge in [-0.2, -0.15) is 0 Å². The van der Waals surface area contributed by atoms with Crippen molar-refractivity contribution in [3.63, 3.8) is 0 Å². The Balaban J connectivity index is 1.63. The Morgan fingerprint density at radius 3 is 2.32 bits per heavy atom. The van der Waals surface area contributed by atoms with Crippen molar-refractivity contribution in [3.8, 4) is 23.0 Å². The van der Waals surface area contributed by atoms with E-state index in [2.05, 4.69) is 0 Å². The number of benzene rings is 2. The van der Waals surface area contributed by atoms with Crippen LogP contribution in [0.5, 0.6) is 23.0 Å². The molecule has 0 radical (unpaired) electrons. The van der Waals surface area contributed by atoms with Crippen LogP contribution in [0.3, 0.4) is 0 Å².